The minimum atomic E-state index is 0.422. The lowest BCUT2D eigenvalue weighted by molar-refractivity contribution is 0.0123. The molecule has 0 aromatic carbocycles. The molecule has 1 saturated carbocycles. The van der Waals surface area contributed by atoms with E-state index in [0.29, 0.717) is 12.1 Å². The Morgan fingerprint density at radius 1 is 1.45 bits per heavy atom. The molecule has 11 heavy (non-hydrogen) atoms. The standard InChI is InChI=1S/C9H17NO/c1-7-5-10-9(6-11-7)4-8-2-3-8/h7-10H,2-6H2,1H3. The quantitative estimate of drug-likeness (QED) is 0.646. The van der Waals surface area contributed by atoms with Gasteiger partial charge in [0, 0.05) is 12.6 Å². The van der Waals surface area contributed by atoms with Gasteiger partial charge in [-0.25, -0.2) is 0 Å². The van der Waals surface area contributed by atoms with Crippen molar-refractivity contribution in [3.63, 3.8) is 0 Å². The monoisotopic (exact) mass is 155 g/mol. The van der Waals surface area contributed by atoms with Crippen LogP contribution < -0.4 is 5.32 Å². The van der Waals surface area contributed by atoms with Crippen molar-refractivity contribution in [3.8, 4) is 0 Å². The summed E-state index contributed by atoms with van der Waals surface area (Å²) in [5, 5.41) is 3.52. The third-order valence-corrected chi connectivity index (χ3v) is 2.59. The first-order valence-corrected chi connectivity index (χ1v) is 4.69. The molecule has 0 aromatic rings. The fraction of sp³-hybridized carbons (Fsp3) is 1.00. The zero-order valence-electron chi connectivity index (χ0n) is 7.18. The molecule has 1 heterocycles. The topological polar surface area (TPSA) is 21.3 Å². The van der Waals surface area contributed by atoms with Gasteiger partial charge in [0.25, 0.3) is 0 Å². The molecule has 2 heteroatoms. The number of rotatable bonds is 2. The van der Waals surface area contributed by atoms with E-state index in [9.17, 15) is 0 Å². The van der Waals surface area contributed by atoms with Crippen molar-refractivity contribution in [2.75, 3.05) is 13.2 Å². The predicted molar refractivity (Wildman–Crippen MR) is 44.5 cm³/mol. The Bertz CT molecular complexity index is 126. The van der Waals surface area contributed by atoms with Crippen LogP contribution >= 0.6 is 0 Å². The Morgan fingerprint density at radius 3 is 2.82 bits per heavy atom. The number of hydrogen-bond donors (Lipinski definition) is 1. The second kappa shape index (κ2) is 3.11. The summed E-state index contributed by atoms with van der Waals surface area (Å²) in [5.74, 6) is 1.02. The summed E-state index contributed by atoms with van der Waals surface area (Å²) in [6, 6.07) is 0.652. The van der Waals surface area contributed by atoms with E-state index in [1.54, 1.807) is 0 Å². The summed E-state index contributed by atoms with van der Waals surface area (Å²) >= 11 is 0. The Balaban J connectivity index is 1.69. The minimum Gasteiger partial charge on any atom is -0.376 e. The fourth-order valence-corrected chi connectivity index (χ4v) is 1.64. The zero-order chi connectivity index (χ0) is 7.68. The summed E-state index contributed by atoms with van der Waals surface area (Å²) in [4.78, 5) is 0. The van der Waals surface area contributed by atoms with Crippen LogP contribution in [0.2, 0.25) is 0 Å². The first kappa shape index (κ1) is 7.56. The molecule has 2 unspecified atom stereocenters. The number of hydrogen-bond acceptors (Lipinski definition) is 2. The van der Waals surface area contributed by atoms with Gasteiger partial charge < -0.3 is 10.1 Å². The van der Waals surface area contributed by atoms with Crippen molar-refractivity contribution in [2.45, 2.75) is 38.3 Å². The van der Waals surface area contributed by atoms with Crippen molar-refractivity contribution < 1.29 is 4.74 Å². The van der Waals surface area contributed by atoms with E-state index in [1.807, 2.05) is 0 Å². The molecule has 1 aliphatic carbocycles. The summed E-state index contributed by atoms with van der Waals surface area (Å²) in [5.41, 5.74) is 0. The van der Waals surface area contributed by atoms with Crippen molar-refractivity contribution in [2.24, 2.45) is 5.92 Å². The molecular weight excluding hydrogens is 138 g/mol. The molecule has 0 aromatic heterocycles. The van der Waals surface area contributed by atoms with E-state index in [2.05, 4.69) is 12.2 Å². The van der Waals surface area contributed by atoms with Gasteiger partial charge in [0.1, 0.15) is 0 Å². The lowest BCUT2D eigenvalue weighted by Crippen LogP contribution is -2.45. The average Bonchev–Trinajstić information content (AvgIpc) is 2.78. The van der Waals surface area contributed by atoms with Crippen molar-refractivity contribution in [1.29, 1.82) is 0 Å². The fourth-order valence-electron chi connectivity index (χ4n) is 1.64. The molecule has 1 saturated heterocycles. The van der Waals surface area contributed by atoms with E-state index >= 15 is 0 Å². The Labute approximate surface area is 68.3 Å². The molecule has 0 bridgehead atoms. The van der Waals surface area contributed by atoms with Crippen LogP contribution in [0.3, 0.4) is 0 Å². The molecule has 0 radical (unpaired) electrons. The molecule has 0 spiro atoms. The lowest BCUT2D eigenvalue weighted by atomic mass is 10.1. The van der Waals surface area contributed by atoms with Gasteiger partial charge in [-0.05, 0) is 19.3 Å². The highest BCUT2D eigenvalue weighted by Crippen LogP contribution is 2.33. The maximum atomic E-state index is 5.56. The van der Waals surface area contributed by atoms with Crippen LogP contribution in [0.25, 0.3) is 0 Å². The highest BCUT2D eigenvalue weighted by Gasteiger charge is 2.27. The van der Waals surface area contributed by atoms with E-state index in [0.717, 1.165) is 19.1 Å². The number of nitrogens with one attached hydrogen (secondary N) is 1. The maximum Gasteiger partial charge on any atom is 0.0672 e. The minimum absolute atomic E-state index is 0.422. The van der Waals surface area contributed by atoms with E-state index in [-0.39, 0.29) is 0 Å². The predicted octanol–water partition coefficient (Wildman–Crippen LogP) is 1.16. The molecule has 1 N–H and O–H groups in total. The molecular formula is C9H17NO. The molecule has 64 valence electrons. The largest absolute Gasteiger partial charge is 0.376 e. The third kappa shape index (κ3) is 2.17. The molecule has 2 nitrogen and oxygen atoms in total. The van der Waals surface area contributed by atoms with Crippen molar-refractivity contribution in [3.05, 3.63) is 0 Å². The molecule has 2 atom stereocenters. The second-order valence-electron chi connectivity index (χ2n) is 3.93. The smallest absolute Gasteiger partial charge is 0.0672 e. The number of morpholine rings is 1. The van der Waals surface area contributed by atoms with Gasteiger partial charge in [-0.3, -0.25) is 0 Å². The van der Waals surface area contributed by atoms with Crippen LogP contribution in [0.15, 0.2) is 0 Å². The maximum absolute atomic E-state index is 5.56. The highest BCUT2D eigenvalue weighted by atomic mass is 16.5. The SMILES string of the molecule is CC1CNC(CC2CC2)CO1. The van der Waals surface area contributed by atoms with Gasteiger partial charge in [-0.1, -0.05) is 12.8 Å². The van der Waals surface area contributed by atoms with Crippen LogP contribution in [-0.4, -0.2) is 25.3 Å². The average molecular weight is 155 g/mol. The first-order chi connectivity index (χ1) is 5.34. The van der Waals surface area contributed by atoms with E-state index in [1.165, 1.54) is 19.3 Å². The van der Waals surface area contributed by atoms with Gasteiger partial charge in [0.2, 0.25) is 0 Å². The Morgan fingerprint density at radius 2 is 2.27 bits per heavy atom. The van der Waals surface area contributed by atoms with Crippen LogP contribution in [0.5, 0.6) is 0 Å². The van der Waals surface area contributed by atoms with Crippen LogP contribution in [0.4, 0.5) is 0 Å². The highest BCUT2D eigenvalue weighted by molar-refractivity contribution is 4.82. The van der Waals surface area contributed by atoms with Gasteiger partial charge >= 0.3 is 0 Å². The summed E-state index contributed by atoms with van der Waals surface area (Å²) in [6.07, 6.45) is 4.67. The summed E-state index contributed by atoms with van der Waals surface area (Å²) < 4.78 is 5.56. The van der Waals surface area contributed by atoms with Gasteiger partial charge in [0.15, 0.2) is 0 Å². The first-order valence-electron chi connectivity index (χ1n) is 4.69. The third-order valence-electron chi connectivity index (χ3n) is 2.59. The van der Waals surface area contributed by atoms with Gasteiger partial charge in [-0.15, -0.1) is 0 Å². The normalized spacial score (nSPS) is 39.0. The molecule has 1 aliphatic heterocycles. The van der Waals surface area contributed by atoms with Crippen LogP contribution in [0.1, 0.15) is 26.2 Å². The zero-order valence-corrected chi connectivity index (χ0v) is 7.18. The van der Waals surface area contributed by atoms with Crippen LogP contribution in [-0.2, 0) is 4.74 Å². The molecule has 0 amide bonds. The van der Waals surface area contributed by atoms with Crippen molar-refractivity contribution >= 4 is 0 Å². The van der Waals surface area contributed by atoms with Crippen molar-refractivity contribution in [1.82, 2.24) is 5.32 Å². The summed E-state index contributed by atoms with van der Waals surface area (Å²) in [6.45, 7) is 4.09. The Hall–Kier alpha value is -0.0800. The van der Waals surface area contributed by atoms with E-state index in [4.69, 9.17) is 4.74 Å². The summed E-state index contributed by atoms with van der Waals surface area (Å²) in [7, 11) is 0. The van der Waals surface area contributed by atoms with Crippen LogP contribution in [0, 0.1) is 5.92 Å². The molecule has 2 aliphatic rings. The molecule has 2 rings (SSSR count). The second-order valence-corrected chi connectivity index (χ2v) is 3.93. The lowest BCUT2D eigenvalue weighted by Gasteiger charge is -2.28. The Kier molecular flexibility index (Phi) is 2.14. The van der Waals surface area contributed by atoms with Gasteiger partial charge in [-0.2, -0.15) is 0 Å². The number of ether oxygens (including phenoxy) is 1. The molecule has 2 fully saturated rings. The van der Waals surface area contributed by atoms with E-state index < -0.39 is 0 Å². The van der Waals surface area contributed by atoms with Gasteiger partial charge in [0.05, 0.1) is 12.7 Å².